The van der Waals surface area contributed by atoms with E-state index in [1.807, 2.05) is 0 Å². The summed E-state index contributed by atoms with van der Waals surface area (Å²) in [6.45, 7) is 3.27. The molecule has 2 fully saturated rings. The number of nitro groups is 1. The van der Waals surface area contributed by atoms with E-state index in [2.05, 4.69) is 5.32 Å². The van der Waals surface area contributed by atoms with Crippen molar-refractivity contribution in [2.45, 2.75) is 47.4 Å². The highest BCUT2D eigenvalue weighted by Gasteiger charge is 2.73. The molecule has 0 aromatic heterocycles. The number of nitrogens with one attached hydrogen (secondary N) is 1. The van der Waals surface area contributed by atoms with Gasteiger partial charge in [-0.2, -0.15) is 0 Å². The molecule has 11 nitrogen and oxygen atoms in total. The van der Waals surface area contributed by atoms with Crippen LogP contribution in [0, 0.1) is 10.1 Å². The van der Waals surface area contributed by atoms with Crippen molar-refractivity contribution in [3.05, 3.63) is 75.8 Å². The molecule has 38 heavy (non-hydrogen) atoms. The fourth-order valence-corrected chi connectivity index (χ4v) is 7.91. The van der Waals surface area contributed by atoms with Crippen LogP contribution in [0.2, 0.25) is 0 Å². The third-order valence-corrected chi connectivity index (χ3v) is 9.87. The summed E-state index contributed by atoms with van der Waals surface area (Å²) < 4.78 is 4.53. The Kier molecular flexibility index (Phi) is 7.44. The van der Waals surface area contributed by atoms with Crippen molar-refractivity contribution in [2.75, 3.05) is 6.26 Å². The molecule has 0 bridgehead atoms. The van der Waals surface area contributed by atoms with Gasteiger partial charge in [0.1, 0.15) is 18.0 Å². The zero-order valence-corrected chi connectivity index (χ0v) is 22.3. The van der Waals surface area contributed by atoms with Crippen LogP contribution in [0.15, 0.2) is 54.6 Å². The van der Waals surface area contributed by atoms with Gasteiger partial charge in [0.2, 0.25) is 10.8 Å². The molecule has 0 aliphatic carbocycles. The third kappa shape index (κ3) is 4.49. The van der Waals surface area contributed by atoms with Crippen molar-refractivity contribution in [2.24, 2.45) is 0 Å². The number of thioether (sulfide) groups is 2. The van der Waals surface area contributed by atoms with E-state index in [0.29, 0.717) is 11.1 Å². The number of carboxylic acids is 1. The van der Waals surface area contributed by atoms with Crippen LogP contribution >= 0.6 is 23.5 Å². The molecule has 2 heterocycles. The lowest BCUT2D eigenvalue weighted by Crippen LogP contribution is -2.74. The molecule has 2 amide bonds. The summed E-state index contributed by atoms with van der Waals surface area (Å²) in [6, 6.07) is 12.7. The maximum atomic E-state index is 13.4. The Hall–Kier alpha value is -3.58. The Balaban J connectivity index is 1.51. The lowest BCUT2D eigenvalue weighted by atomic mass is 9.93. The molecule has 2 saturated heterocycles. The lowest BCUT2D eigenvalue weighted by molar-refractivity contribution is -0.384. The number of hydrogen-bond donors (Lipinski definition) is 2. The molecule has 4 atom stereocenters. The molecule has 2 aromatic rings. The molecule has 2 N–H and O–H groups in total. The Morgan fingerprint density at radius 3 is 2.37 bits per heavy atom. The van der Waals surface area contributed by atoms with Crippen LogP contribution in [0.1, 0.15) is 30.9 Å². The summed E-state index contributed by atoms with van der Waals surface area (Å²) in [5, 5.41) is 22.9. The summed E-state index contributed by atoms with van der Waals surface area (Å²) >= 11 is 2.34. The Morgan fingerprint density at radius 1 is 1.18 bits per heavy atom. The number of nitro benzene ring substituents is 1. The predicted molar refractivity (Wildman–Crippen MR) is 140 cm³/mol. The van der Waals surface area contributed by atoms with E-state index in [4.69, 9.17) is 4.74 Å². The minimum Gasteiger partial charge on any atom is -0.479 e. The van der Waals surface area contributed by atoms with E-state index < -0.39 is 55.6 Å². The minimum atomic E-state index is -1.50. The van der Waals surface area contributed by atoms with Crippen molar-refractivity contribution in [3.8, 4) is 0 Å². The molecule has 2 aromatic carbocycles. The van der Waals surface area contributed by atoms with Crippen LogP contribution in [0.3, 0.4) is 0 Å². The predicted octanol–water partition coefficient (Wildman–Crippen LogP) is 2.74. The standard InChI is InChI=1S/C25H25N3O8S2/c1-24(2)25(37-3,23(32)33)27-20(30)18(21(27)38-24)26-19(29)17(15-7-5-4-6-8-15)22(31)36-13-14-9-11-16(12-10-14)28(34)35/h4-12,17-18,21H,13H2,1-3H3,(H,26,29)(H,32,33)/t17?,18-,21-,25-/m1/s1. The lowest BCUT2D eigenvalue weighted by Gasteiger charge is -2.49. The minimum absolute atomic E-state index is 0.109. The number of β-lactam (4-membered cyclic amide) rings is 1. The molecule has 1 unspecified atom stereocenters. The molecular weight excluding hydrogens is 534 g/mol. The average Bonchev–Trinajstić information content (AvgIpc) is 3.11. The molecule has 0 spiro atoms. The van der Waals surface area contributed by atoms with Gasteiger partial charge in [-0.05, 0) is 43.4 Å². The van der Waals surface area contributed by atoms with E-state index in [1.165, 1.54) is 40.9 Å². The average molecular weight is 560 g/mol. The van der Waals surface area contributed by atoms with Gasteiger partial charge < -0.3 is 20.1 Å². The molecular formula is C25H25N3O8S2. The number of non-ortho nitro benzene ring substituents is 1. The topological polar surface area (TPSA) is 156 Å². The highest BCUT2D eigenvalue weighted by molar-refractivity contribution is 8.06. The van der Waals surface area contributed by atoms with Crippen LogP contribution in [0.4, 0.5) is 5.69 Å². The van der Waals surface area contributed by atoms with E-state index in [1.54, 1.807) is 50.4 Å². The van der Waals surface area contributed by atoms with Crippen molar-refractivity contribution in [3.63, 3.8) is 0 Å². The quantitative estimate of drug-likeness (QED) is 0.154. The van der Waals surface area contributed by atoms with E-state index in [0.717, 1.165) is 11.8 Å². The first kappa shape index (κ1) is 27.5. The van der Waals surface area contributed by atoms with Crippen molar-refractivity contribution < 1.29 is 33.9 Å². The fraction of sp³-hybridized carbons (Fsp3) is 0.360. The Morgan fingerprint density at radius 2 is 1.82 bits per heavy atom. The smallest absolute Gasteiger partial charge is 0.341 e. The molecule has 13 heteroatoms. The van der Waals surface area contributed by atoms with Gasteiger partial charge in [0, 0.05) is 12.1 Å². The highest BCUT2D eigenvalue weighted by atomic mass is 32.2. The van der Waals surface area contributed by atoms with Gasteiger partial charge in [-0.3, -0.25) is 24.5 Å². The number of benzene rings is 2. The zero-order chi connectivity index (χ0) is 27.8. The summed E-state index contributed by atoms with van der Waals surface area (Å²) in [6.07, 6.45) is 1.63. The third-order valence-electron chi connectivity index (χ3n) is 6.66. The summed E-state index contributed by atoms with van der Waals surface area (Å²) in [5.74, 6) is -4.68. The Bertz CT molecular complexity index is 1290. The molecule has 0 radical (unpaired) electrons. The maximum Gasteiger partial charge on any atom is 0.341 e. The van der Waals surface area contributed by atoms with Gasteiger partial charge in [-0.1, -0.05) is 30.3 Å². The summed E-state index contributed by atoms with van der Waals surface area (Å²) in [7, 11) is 0. The monoisotopic (exact) mass is 559 g/mol. The second-order valence-electron chi connectivity index (χ2n) is 9.24. The molecule has 2 aliphatic rings. The number of nitrogens with zero attached hydrogens (tertiary/aromatic N) is 2. The van der Waals surface area contributed by atoms with E-state index >= 15 is 0 Å². The number of amides is 2. The zero-order valence-electron chi connectivity index (χ0n) is 20.7. The first-order valence-corrected chi connectivity index (χ1v) is 13.6. The van der Waals surface area contributed by atoms with Crippen LogP contribution in [0.25, 0.3) is 0 Å². The van der Waals surface area contributed by atoms with Crippen molar-refractivity contribution in [1.29, 1.82) is 0 Å². The van der Waals surface area contributed by atoms with E-state index in [-0.39, 0.29) is 12.3 Å². The maximum absolute atomic E-state index is 13.4. The van der Waals surface area contributed by atoms with Gasteiger partial charge in [-0.25, -0.2) is 4.79 Å². The first-order valence-electron chi connectivity index (χ1n) is 11.5. The van der Waals surface area contributed by atoms with Crippen LogP contribution in [-0.4, -0.2) is 66.0 Å². The van der Waals surface area contributed by atoms with Gasteiger partial charge >= 0.3 is 11.9 Å². The largest absolute Gasteiger partial charge is 0.479 e. The number of carbonyl (C=O) groups is 4. The highest BCUT2D eigenvalue weighted by Crippen LogP contribution is 2.60. The second kappa shape index (κ2) is 10.3. The normalized spacial score (nSPS) is 24.1. The number of esters is 1. The number of rotatable bonds is 9. The number of fused-ring (bicyclic) bond motifs is 1. The molecule has 0 saturated carbocycles. The second-order valence-corrected chi connectivity index (χ2v) is 12.0. The van der Waals surface area contributed by atoms with Crippen molar-refractivity contribution >= 4 is 53.0 Å². The van der Waals surface area contributed by atoms with Gasteiger partial charge in [0.15, 0.2) is 5.92 Å². The van der Waals surface area contributed by atoms with Gasteiger partial charge in [0.25, 0.3) is 11.6 Å². The SMILES string of the molecule is CS[C@@]1(C(=O)O)N2C(=O)[C@@H](NC(=O)C(C(=O)OCc3ccc([N+](=O)[O-])cc3)c3ccccc3)[C@H]2SC1(C)C. The number of carbonyl (C=O) groups excluding carboxylic acids is 3. The number of aliphatic carboxylic acids is 1. The van der Waals surface area contributed by atoms with E-state index in [9.17, 15) is 34.4 Å². The van der Waals surface area contributed by atoms with Gasteiger partial charge in [-0.15, -0.1) is 23.5 Å². The molecule has 4 rings (SSSR count). The summed E-state index contributed by atoms with van der Waals surface area (Å²) in [5.41, 5.74) is 0.737. The fourth-order valence-electron chi connectivity index (χ4n) is 4.74. The molecule has 200 valence electrons. The number of carboxylic acid groups (broad SMARTS) is 1. The van der Waals surface area contributed by atoms with Crippen LogP contribution in [0.5, 0.6) is 0 Å². The first-order chi connectivity index (χ1) is 17.9. The number of ether oxygens (including phenoxy) is 1. The van der Waals surface area contributed by atoms with Gasteiger partial charge in [0.05, 0.1) is 9.67 Å². The Labute approximate surface area is 226 Å². The van der Waals surface area contributed by atoms with Crippen LogP contribution < -0.4 is 5.32 Å². The van der Waals surface area contributed by atoms with Crippen molar-refractivity contribution in [1.82, 2.24) is 10.2 Å². The van der Waals surface area contributed by atoms with Crippen LogP contribution in [-0.2, 0) is 30.5 Å². The number of hydrogen-bond acceptors (Lipinski definition) is 9. The molecule has 2 aliphatic heterocycles. The summed E-state index contributed by atoms with van der Waals surface area (Å²) in [4.78, 5) is 62.0.